The van der Waals surface area contributed by atoms with Crippen molar-refractivity contribution >= 4 is 12.4 Å². The van der Waals surface area contributed by atoms with Gasteiger partial charge in [-0.05, 0) is 31.9 Å². The quantitative estimate of drug-likeness (QED) is 0.940. The summed E-state index contributed by atoms with van der Waals surface area (Å²) in [5, 5.41) is 3.98. The molecule has 1 unspecified atom stereocenters. The van der Waals surface area contributed by atoms with Gasteiger partial charge in [0.25, 0.3) is 0 Å². The second-order valence-corrected chi connectivity index (χ2v) is 5.35. The van der Waals surface area contributed by atoms with Crippen LogP contribution in [0.2, 0.25) is 0 Å². The Morgan fingerprint density at radius 1 is 1.33 bits per heavy atom. The van der Waals surface area contributed by atoms with Crippen LogP contribution >= 0.6 is 12.4 Å². The fourth-order valence-corrected chi connectivity index (χ4v) is 2.80. The Labute approximate surface area is 130 Å². The molecular weight excluding hydrogens is 288 g/mol. The number of likely N-dealkylation sites (tertiary alicyclic amines) is 1. The predicted molar refractivity (Wildman–Crippen MR) is 83.0 cm³/mol. The first-order valence-electron chi connectivity index (χ1n) is 7.08. The minimum absolute atomic E-state index is 0. The summed E-state index contributed by atoms with van der Waals surface area (Å²) >= 11 is 0. The van der Waals surface area contributed by atoms with Crippen LogP contribution in [0.4, 0.5) is 0 Å². The van der Waals surface area contributed by atoms with Crippen molar-refractivity contribution in [2.24, 2.45) is 5.73 Å². The summed E-state index contributed by atoms with van der Waals surface area (Å²) in [5.41, 5.74) is 8.16. The van der Waals surface area contributed by atoms with Crippen LogP contribution in [0.1, 0.15) is 41.7 Å². The molecule has 3 rings (SSSR count). The molecule has 1 atom stereocenters. The van der Waals surface area contributed by atoms with E-state index in [2.05, 4.69) is 46.2 Å². The van der Waals surface area contributed by atoms with E-state index in [1.165, 1.54) is 24.0 Å². The van der Waals surface area contributed by atoms with E-state index in [1.54, 1.807) is 0 Å². The fraction of sp³-hybridized carbons (Fsp3) is 0.467. The number of hydrogen-bond acceptors (Lipinski definition) is 5. The van der Waals surface area contributed by atoms with E-state index in [-0.39, 0.29) is 12.4 Å². The van der Waals surface area contributed by atoms with Gasteiger partial charge < -0.3 is 10.3 Å². The minimum atomic E-state index is 0. The molecule has 2 N–H and O–H groups in total. The van der Waals surface area contributed by atoms with Crippen LogP contribution in [-0.4, -0.2) is 21.6 Å². The molecule has 0 spiro atoms. The highest BCUT2D eigenvalue weighted by Crippen LogP contribution is 2.32. The van der Waals surface area contributed by atoms with Gasteiger partial charge in [0.15, 0.2) is 5.82 Å². The van der Waals surface area contributed by atoms with E-state index in [0.29, 0.717) is 18.5 Å². The van der Waals surface area contributed by atoms with Crippen LogP contribution in [0, 0.1) is 6.92 Å². The van der Waals surface area contributed by atoms with Crippen molar-refractivity contribution in [3.63, 3.8) is 0 Å². The van der Waals surface area contributed by atoms with Gasteiger partial charge in [-0.2, -0.15) is 4.98 Å². The average Bonchev–Trinajstić information content (AvgIpc) is 3.09. The van der Waals surface area contributed by atoms with Gasteiger partial charge in [-0.3, -0.25) is 4.90 Å². The summed E-state index contributed by atoms with van der Waals surface area (Å²) in [5.74, 6) is 1.23. The Morgan fingerprint density at radius 2 is 2.10 bits per heavy atom. The maximum atomic E-state index is 5.49. The second kappa shape index (κ2) is 7.02. The molecule has 2 aromatic rings. The Balaban J connectivity index is 0.00000161. The van der Waals surface area contributed by atoms with Crippen molar-refractivity contribution in [1.82, 2.24) is 15.0 Å². The Morgan fingerprint density at radius 3 is 2.76 bits per heavy atom. The van der Waals surface area contributed by atoms with Crippen molar-refractivity contribution in [3.05, 3.63) is 47.1 Å². The van der Waals surface area contributed by atoms with Gasteiger partial charge in [0.05, 0.1) is 13.1 Å². The average molecular weight is 309 g/mol. The molecule has 21 heavy (non-hydrogen) atoms. The Hall–Kier alpha value is -1.43. The third-order valence-corrected chi connectivity index (χ3v) is 3.86. The third kappa shape index (κ3) is 3.61. The van der Waals surface area contributed by atoms with Crippen molar-refractivity contribution < 1.29 is 4.52 Å². The van der Waals surface area contributed by atoms with Crippen LogP contribution in [0.5, 0.6) is 0 Å². The lowest BCUT2D eigenvalue weighted by atomic mass is 10.0. The fourth-order valence-electron chi connectivity index (χ4n) is 2.80. The molecule has 0 amide bonds. The molecule has 0 bridgehead atoms. The summed E-state index contributed by atoms with van der Waals surface area (Å²) in [6.07, 6.45) is 2.39. The van der Waals surface area contributed by atoms with Gasteiger partial charge >= 0.3 is 0 Å². The number of nitrogens with two attached hydrogens (primary N) is 1. The molecule has 0 saturated carbocycles. The van der Waals surface area contributed by atoms with Gasteiger partial charge in [-0.1, -0.05) is 35.0 Å². The highest BCUT2D eigenvalue weighted by atomic mass is 35.5. The number of aromatic nitrogens is 2. The number of halogens is 1. The largest absolute Gasteiger partial charge is 0.338 e. The van der Waals surface area contributed by atoms with E-state index in [4.69, 9.17) is 10.3 Å². The van der Waals surface area contributed by atoms with Crippen molar-refractivity contribution in [1.29, 1.82) is 0 Å². The molecule has 0 radical (unpaired) electrons. The third-order valence-electron chi connectivity index (χ3n) is 3.86. The van der Waals surface area contributed by atoms with Crippen LogP contribution in [0.15, 0.2) is 28.8 Å². The van der Waals surface area contributed by atoms with Crippen LogP contribution in [-0.2, 0) is 13.1 Å². The van der Waals surface area contributed by atoms with Crippen LogP contribution < -0.4 is 5.73 Å². The normalized spacial score (nSPS) is 18.7. The summed E-state index contributed by atoms with van der Waals surface area (Å²) in [6, 6.07) is 9.24. The van der Waals surface area contributed by atoms with Gasteiger partial charge in [0, 0.05) is 6.04 Å². The van der Waals surface area contributed by atoms with Crippen LogP contribution in [0.3, 0.4) is 0 Å². The zero-order chi connectivity index (χ0) is 13.9. The number of rotatable bonds is 4. The van der Waals surface area contributed by atoms with E-state index in [9.17, 15) is 0 Å². The lowest BCUT2D eigenvalue weighted by molar-refractivity contribution is 0.238. The molecule has 1 aromatic carbocycles. The summed E-state index contributed by atoms with van der Waals surface area (Å²) in [6.45, 7) is 4.21. The molecule has 1 saturated heterocycles. The Kier molecular flexibility index (Phi) is 5.33. The highest BCUT2D eigenvalue weighted by molar-refractivity contribution is 5.85. The molecule has 6 heteroatoms. The molecule has 1 aliphatic heterocycles. The van der Waals surface area contributed by atoms with Gasteiger partial charge in [-0.25, -0.2) is 0 Å². The molecule has 5 nitrogen and oxygen atoms in total. The minimum Gasteiger partial charge on any atom is -0.338 e. The number of nitrogens with zero attached hydrogens (tertiary/aromatic N) is 3. The standard InChI is InChI=1S/C15H20N4O.ClH/c1-11-4-6-12(7-5-11)13-3-2-8-19(13)10-14-17-15(9-16)20-18-14;/h4-7,13H,2-3,8-10,16H2,1H3;1H. The number of hydrogen-bond donors (Lipinski definition) is 1. The summed E-state index contributed by atoms with van der Waals surface area (Å²) < 4.78 is 5.07. The second-order valence-electron chi connectivity index (χ2n) is 5.35. The zero-order valence-corrected chi connectivity index (χ0v) is 13.0. The van der Waals surface area contributed by atoms with Crippen molar-refractivity contribution in [3.8, 4) is 0 Å². The molecule has 1 fully saturated rings. The lowest BCUT2D eigenvalue weighted by Gasteiger charge is -2.23. The number of benzene rings is 1. The molecule has 2 heterocycles. The van der Waals surface area contributed by atoms with E-state index >= 15 is 0 Å². The Bertz CT molecular complexity index is 569. The van der Waals surface area contributed by atoms with Crippen molar-refractivity contribution in [2.45, 2.75) is 38.9 Å². The van der Waals surface area contributed by atoms with Crippen LogP contribution in [0.25, 0.3) is 0 Å². The SMILES string of the molecule is Cc1ccc(C2CCCN2Cc2noc(CN)n2)cc1.Cl. The van der Waals surface area contributed by atoms with E-state index in [0.717, 1.165) is 18.9 Å². The molecule has 1 aromatic heterocycles. The first kappa shape index (κ1) is 15.9. The lowest BCUT2D eigenvalue weighted by Crippen LogP contribution is -2.23. The maximum Gasteiger partial charge on any atom is 0.240 e. The number of aryl methyl sites for hydroxylation is 1. The monoisotopic (exact) mass is 308 g/mol. The predicted octanol–water partition coefficient (Wildman–Crippen LogP) is 2.60. The highest BCUT2D eigenvalue weighted by Gasteiger charge is 2.27. The topological polar surface area (TPSA) is 68.2 Å². The molecule has 1 aliphatic rings. The first-order valence-corrected chi connectivity index (χ1v) is 7.08. The smallest absolute Gasteiger partial charge is 0.240 e. The molecular formula is C15H21ClN4O. The zero-order valence-electron chi connectivity index (χ0n) is 12.2. The first-order chi connectivity index (χ1) is 9.76. The van der Waals surface area contributed by atoms with E-state index < -0.39 is 0 Å². The molecule has 0 aliphatic carbocycles. The van der Waals surface area contributed by atoms with E-state index in [1.807, 2.05) is 0 Å². The summed E-state index contributed by atoms with van der Waals surface area (Å²) in [4.78, 5) is 6.70. The maximum absolute atomic E-state index is 5.49. The van der Waals surface area contributed by atoms with Crippen molar-refractivity contribution in [2.75, 3.05) is 6.54 Å². The summed E-state index contributed by atoms with van der Waals surface area (Å²) in [7, 11) is 0. The molecule has 114 valence electrons. The van der Waals surface area contributed by atoms with Gasteiger partial charge in [0.1, 0.15) is 0 Å². The van der Waals surface area contributed by atoms with Gasteiger partial charge in [0.2, 0.25) is 5.89 Å². The van der Waals surface area contributed by atoms with Gasteiger partial charge in [-0.15, -0.1) is 12.4 Å².